The predicted octanol–water partition coefficient (Wildman–Crippen LogP) is 1.25. The van der Waals surface area contributed by atoms with Crippen LogP contribution in [0, 0.1) is 11.3 Å². The molecule has 0 aliphatic carbocycles. The number of nitriles is 1. The Hall–Kier alpha value is -2.09. The Labute approximate surface area is 92.9 Å². The highest BCUT2D eigenvalue weighted by Gasteiger charge is 2.23. The number of carboxylic acids is 1. The van der Waals surface area contributed by atoms with E-state index in [4.69, 9.17) is 10.4 Å². The average molecular weight is 217 g/mol. The van der Waals surface area contributed by atoms with Crippen LogP contribution in [0.15, 0.2) is 12.3 Å². The molecular formula is C11H11N3O2. The molecule has 0 unspecified atom stereocenters. The van der Waals surface area contributed by atoms with Crippen LogP contribution < -0.4 is 4.90 Å². The van der Waals surface area contributed by atoms with E-state index in [0.717, 1.165) is 25.9 Å². The Bertz CT molecular complexity index is 459. The Morgan fingerprint density at radius 3 is 2.75 bits per heavy atom. The molecule has 82 valence electrons. The third-order valence-corrected chi connectivity index (χ3v) is 2.68. The first-order valence-electron chi connectivity index (χ1n) is 5.11. The fourth-order valence-electron chi connectivity index (χ4n) is 1.97. The first kappa shape index (κ1) is 10.4. The van der Waals surface area contributed by atoms with Crippen molar-refractivity contribution in [1.82, 2.24) is 4.98 Å². The van der Waals surface area contributed by atoms with Gasteiger partial charge in [0.2, 0.25) is 0 Å². The van der Waals surface area contributed by atoms with E-state index < -0.39 is 5.97 Å². The molecule has 16 heavy (non-hydrogen) atoms. The molecule has 0 atom stereocenters. The number of rotatable bonds is 2. The molecule has 1 fully saturated rings. The number of hydrogen-bond acceptors (Lipinski definition) is 4. The summed E-state index contributed by atoms with van der Waals surface area (Å²) in [5.41, 5.74) is 0.824. The highest BCUT2D eigenvalue weighted by molar-refractivity contribution is 5.95. The number of anilines is 1. The van der Waals surface area contributed by atoms with Crippen LogP contribution in [0.3, 0.4) is 0 Å². The van der Waals surface area contributed by atoms with Crippen LogP contribution in [0.25, 0.3) is 0 Å². The monoisotopic (exact) mass is 217 g/mol. The van der Waals surface area contributed by atoms with Gasteiger partial charge in [-0.25, -0.2) is 9.78 Å². The highest BCUT2D eigenvalue weighted by atomic mass is 16.4. The van der Waals surface area contributed by atoms with Crippen molar-refractivity contribution in [3.05, 3.63) is 23.5 Å². The van der Waals surface area contributed by atoms with Gasteiger partial charge in [-0.15, -0.1) is 0 Å². The lowest BCUT2D eigenvalue weighted by molar-refractivity contribution is 0.0697. The molecule has 0 saturated carbocycles. The quantitative estimate of drug-likeness (QED) is 0.806. The summed E-state index contributed by atoms with van der Waals surface area (Å²) in [6.45, 7) is 1.58. The van der Waals surface area contributed by atoms with Crippen molar-refractivity contribution >= 4 is 11.7 Å². The van der Waals surface area contributed by atoms with E-state index >= 15 is 0 Å². The van der Waals surface area contributed by atoms with Crippen LogP contribution in [-0.2, 0) is 0 Å². The molecule has 2 rings (SSSR count). The first-order valence-corrected chi connectivity index (χ1v) is 5.11. The molecule has 5 nitrogen and oxygen atoms in total. The number of pyridine rings is 1. The number of carbonyl (C=O) groups is 1. The Balaban J connectivity index is 2.54. The van der Waals surface area contributed by atoms with Crippen LogP contribution in [0.1, 0.15) is 28.9 Å². The lowest BCUT2D eigenvalue weighted by atomic mass is 10.1. The average Bonchev–Trinajstić information content (AvgIpc) is 2.81. The first-order chi connectivity index (χ1) is 7.74. The summed E-state index contributed by atoms with van der Waals surface area (Å²) in [5.74, 6) is -1.01. The molecule has 0 spiro atoms. The zero-order valence-electron chi connectivity index (χ0n) is 8.68. The minimum atomic E-state index is -1.01. The number of aromatic nitrogens is 1. The second-order valence-corrected chi connectivity index (χ2v) is 3.67. The molecule has 0 aromatic carbocycles. The van der Waals surface area contributed by atoms with Crippen molar-refractivity contribution in [2.45, 2.75) is 12.8 Å². The molecule has 1 saturated heterocycles. The van der Waals surface area contributed by atoms with E-state index in [1.165, 1.54) is 12.3 Å². The molecule has 1 N–H and O–H groups in total. The van der Waals surface area contributed by atoms with Gasteiger partial charge in [0.15, 0.2) is 5.69 Å². The maximum atomic E-state index is 11.1. The van der Waals surface area contributed by atoms with Crippen molar-refractivity contribution in [3.8, 4) is 6.07 Å². The number of aromatic carboxylic acids is 1. The lowest BCUT2D eigenvalue weighted by Gasteiger charge is -2.20. The van der Waals surface area contributed by atoms with E-state index in [9.17, 15) is 4.79 Å². The van der Waals surface area contributed by atoms with Gasteiger partial charge in [-0.05, 0) is 18.9 Å². The maximum absolute atomic E-state index is 11.1. The fourth-order valence-corrected chi connectivity index (χ4v) is 1.97. The topological polar surface area (TPSA) is 77.2 Å². The molecule has 2 heterocycles. The SMILES string of the molecule is N#Cc1nccc(C(=O)O)c1N1CCCC1. The van der Waals surface area contributed by atoms with E-state index in [2.05, 4.69) is 4.98 Å². The molecule has 1 aliphatic rings. The van der Waals surface area contributed by atoms with Crippen LogP contribution in [0.4, 0.5) is 5.69 Å². The minimum absolute atomic E-state index is 0.161. The van der Waals surface area contributed by atoms with Gasteiger partial charge in [0, 0.05) is 19.3 Å². The van der Waals surface area contributed by atoms with Crippen LogP contribution in [0.2, 0.25) is 0 Å². The van der Waals surface area contributed by atoms with Crippen LogP contribution in [-0.4, -0.2) is 29.1 Å². The summed E-state index contributed by atoms with van der Waals surface area (Å²) in [4.78, 5) is 16.9. The van der Waals surface area contributed by atoms with E-state index in [1.54, 1.807) is 0 Å². The van der Waals surface area contributed by atoms with E-state index in [0.29, 0.717) is 5.69 Å². The Morgan fingerprint density at radius 1 is 1.50 bits per heavy atom. The summed E-state index contributed by atoms with van der Waals surface area (Å²) in [7, 11) is 0. The predicted molar refractivity (Wildman–Crippen MR) is 57.4 cm³/mol. The van der Waals surface area contributed by atoms with Gasteiger partial charge in [0.05, 0.1) is 11.3 Å². The standard InChI is InChI=1S/C11H11N3O2/c12-7-9-10(14-5-1-2-6-14)8(11(15)16)3-4-13-9/h3-4H,1-2,5-6H2,(H,15,16). The Morgan fingerprint density at radius 2 is 2.19 bits per heavy atom. The largest absolute Gasteiger partial charge is 0.478 e. The molecule has 1 aromatic rings. The summed E-state index contributed by atoms with van der Waals surface area (Å²) in [6, 6.07) is 3.39. The van der Waals surface area contributed by atoms with Crippen LogP contribution in [0.5, 0.6) is 0 Å². The van der Waals surface area contributed by atoms with Gasteiger partial charge in [-0.3, -0.25) is 0 Å². The third-order valence-electron chi connectivity index (χ3n) is 2.68. The highest BCUT2D eigenvalue weighted by Crippen LogP contribution is 2.27. The summed E-state index contributed by atoms with van der Waals surface area (Å²) in [6.07, 6.45) is 3.42. The zero-order valence-corrected chi connectivity index (χ0v) is 8.68. The van der Waals surface area contributed by atoms with Gasteiger partial charge in [-0.2, -0.15) is 5.26 Å². The fraction of sp³-hybridized carbons (Fsp3) is 0.364. The zero-order chi connectivity index (χ0) is 11.5. The molecule has 1 aromatic heterocycles. The maximum Gasteiger partial charge on any atom is 0.337 e. The lowest BCUT2D eigenvalue weighted by Crippen LogP contribution is -2.22. The summed E-state index contributed by atoms with van der Waals surface area (Å²) < 4.78 is 0. The molecule has 5 heteroatoms. The smallest absolute Gasteiger partial charge is 0.337 e. The van der Waals surface area contributed by atoms with E-state index in [-0.39, 0.29) is 11.3 Å². The molecule has 1 aliphatic heterocycles. The molecule has 0 amide bonds. The summed E-state index contributed by atoms with van der Waals surface area (Å²) >= 11 is 0. The molecular weight excluding hydrogens is 206 g/mol. The van der Waals surface area contributed by atoms with E-state index in [1.807, 2.05) is 11.0 Å². The van der Waals surface area contributed by atoms with Gasteiger partial charge >= 0.3 is 5.97 Å². The minimum Gasteiger partial charge on any atom is -0.478 e. The van der Waals surface area contributed by atoms with Gasteiger partial charge in [0.25, 0.3) is 0 Å². The number of nitrogens with zero attached hydrogens (tertiary/aromatic N) is 3. The van der Waals surface area contributed by atoms with Crippen LogP contribution >= 0.6 is 0 Å². The van der Waals surface area contributed by atoms with Crippen molar-refractivity contribution in [1.29, 1.82) is 5.26 Å². The van der Waals surface area contributed by atoms with Crippen molar-refractivity contribution in [3.63, 3.8) is 0 Å². The van der Waals surface area contributed by atoms with Gasteiger partial charge < -0.3 is 10.0 Å². The van der Waals surface area contributed by atoms with Crippen molar-refractivity contribution in [2.75, 3.05) is 18.0 Å². The normalized spacial score (nSPS) is 14.8. The Kier molecular flexibility index (Phi) is 2.73. The third kappa shape index (κ3) is 1.70. The van der Waals surface area contributed by atoms with Crippen molar-refractivity contribution in [2.24, 2.45) is 0 Å². The van der Waals surface area contributed by atoms with Gasteiger partial charge in [-0.1, -0.05) is 0 Å². The number of carboxylic acid groups (broad SMARTS) is 1. The number of hydrogen-bond donors (Lipinski definition) is 1. The van der Waals surface area contributed by atoms with Gasteiger partial charge in [0.1, 0.15) is 6.07 Å². The summed E-state index contributed by atoms with van der Waals surface area (Å²) in [5, 5.41) is 18.0. The molecule has 0 radical (unpaired) electrons. The molecule has 0 bridgehead atoms. The second kappa shape index (κ2) is 4.19. The second-order valence-electron chi connectivity index (χ2n) is 3.67. The van der Waals surface area contributed by atoms with Crippen molar-refractivity contribution < 1.29 is 9.90 Å².